The zero-order valence-corrected chi connectivity index (χ0v) is 17.7. The summed E-state index contributed by atoms with van der Waals surface area (Å²) < 4.78 is 46.1. The number of hydrogen-bond acceptors (Lipinski definition) is 5. The number of fused-ring (bicyclic) bond motifs is 1. The predicted molar refractivity (Wildman–Crippen MR) is 113 cm³/mol. The van der Waals surface area contributed by atoms with Crippen molar-refractivity contribution in [3.05, 3.63) is 70.8 Å². The SMILES string of the molecule is COc1ccc2c(c1)CCC2(Cc1ccc(C(F)(F)F)nc1)c1cn(CCCO)c(N)n1. The molecule has 1 aliphatic carbocycles. The third-order valence-corrected chi connectivity index (χ3v) is 6.12. The molecule has 1 unspecified atom stereocenters. The van der Waals surface area contributed by atoms with E-state index in [0.29, 0.717) is 30.9 Å². The standard InChI is InChI=1S/C23H25F3N4O2/c1-32-17-4-5-18-16(11-17)7-8-22(18,20-14-30(9-2-10-31)21(27)29-20)12-15-3-6-19(28-13-15)23(24,25)26/h3-6,11,13-14,31H,2,7-10,12H2,1H3,(H2,27,29). The molecule has 0 saturated carbocycles. The molecule has 1 atom stereocenters. The minimum atomic E-state index is -4.48. The topological polar surface area (TPSA) is 86.2 Å². The van der Waals surface area contributed by atoms with E-state index in [4.69, 9.17) is 15.6 Å². The number of hydrogen-bond donors (Lipinski definition) is 2. The van der Waals surface area contributed by atoms with Crippen LogP contribution in [0.15, 0.2) is 42.7 Å². The smallest absolute Gasteiger partial charge is 0.433 e. The van der Waals surface area contributed by atoms with Gasteiger partial charge in [-0.05, 0) is 60.6 Å². The number of pyridine rings is 1. The quantitative estimate of drug-likeness (QED) is 0.577. The third kappa shape index (κ3) is 4.04. The first-order valence-electron chi connectivity index (χ1n) is 10.4. The van der Waals surface area contributed by atoms with Crippen molar-refractivity contribution in [2.45, 2.75) is 43.8 Å². The van der Waals surface area contributed by atoms with E-state index in [1.165, 1.54) is 12.3 Å². The summed E-state index contributed by atoms with van der Waals surface area (Å²) in [4.78, 5) is 8.28. The second-order valence-electron chi connectivity index (χ2n) is 8.09. The Hall–Kier alpha value is -3.07. The van der Waals surface area contributed by atoms with E-state index >= 15 is 0 Å². The van der Waals surface area contributed by atoms with Crippen LogP contribution in [0.3, 0.4) is 0 Å². The van der Waals surface area contributed by atoms with E-state index < -0.39 is 17.3 Å². The molecule has 2 heterocycles. The molecule has 9 heteroatoms. The molecule has 170 valence electrons. The van der Waals surface area contributed by atoms with Crippen molar-refractivity contribution in [1.29, 1.82) is 0 Å². The Morgan fingerprint density at radius 3 is 2.72 bits per heavy atom. The molecule has 0 aliphatic heterocycles. The van der Waals surface area contributed by atoms with Crippen molar-refractivity contribution in [3.63, 3.8) is 0 Å². The van der Waals surface area contributed by atoms with E-state index in [-0.39, 0.29) is 6.61 Å². The van der Waals surface area contributed by atoms with Crippen LogP contribution in [0.25, 0.3) is 0 Å². The van der Waals surface area contributed by atoms with Gasteiger partial charge < -0.3 is 20.1 Å². The fourth-order valence-electron chi connectivity index (χ4n) is 4.52. The van der Waals surface area contributed by atoms with Crippen LogP contribution in [-0.2, 0) is 31.0 Å². The minimum absolute atomic E-state index is 0.0396. The molecule has 1 aliphatic rings. The Bertz CT molecular complexity index is 1100. The summed E-state index contributed by atoms with van der Waals surface area (Å²) >= 11 is 0. The highest BCUT2D eigenvalue weighted by molar-refractivity contribution is 5.51. The first-order chi connectivity index (χ1) is 15.3. The highest BCUT2D eigenvalue weighted by Crippen LogP contribution is 2.47. The molecule has 0 fully saturated rings. The Morgan fingerprint density at radius 2 is 2.06 bits per heavy atom. The van der Waals surface area contributed by atoms with Crippen LogP contribution in [0.2, 0.25) is 0 Å². The highest BCUT2D eigenvalue weighted by atomic mass is 19.4. The number of rotatable bonds is 7. The molecular formula is C23H25F3N4O2. The van der Waals surface area contributed by atoms with Gasteiger partial charge >= 0.3 is 6.18 Å². The number of ether oxygens (including phenoxy) is 1. The van der Waals surface area contributed by atoms with Crippen molar-refractivity contribution in [2.24, 2.45) is 0 Å². The van der Waals surface area contributed by atoms with Gasteiger partial charge in [-0.1, -0.05) is 12.1 Å². The van der Waals surface area contributed by atoms with E-state index in [9.17, 15) is 13.2 Å². The maximum atomic E-state index is 13.0. The van der Waals surface area contributed by atoms with Gasteiger partial charge in [0.05, 0.1) is 12.8 Å². The molecular weight excluding hydrogens is 421 g/mol. The van der Waals surface area contributed by atoms with Crippen LogP contribution in [0.4, 0.5) is 19.1 Å². The second kappa shape index (κ2) is 8.46. The summed E-state index contributed by atoms with van der Waals surface area (Å²) in [5, 5.41) is 9.17. The maximum absolute atomic E-state index is 13.0. The highest BCUT2D eigenvalue weighted by Gasteiger charge is 2.43. The van der Waals surface area contributed by atoms with Gasteiger partial charge in [-0.25, -0.2) is 4.98 Å². The van der Waals surface area contributed by atoms with Crippen LogP contribution in [0, 0.1) is 0 Å². The summed E-state index contributed by atoms with van der Waals surface area (Å²) in [6.45, 7) is 0.570. The number of nitrogen functional groups attached to an aromatic ring is 1. The molecule has 3 N–H and O–H groups in total. The lowest BCUT2D eigenvalue weighted by Gasteiger charge is -2.29. The van der Waals surface area contributed by atoms with Gasteiger partial charge in [0.2, 0.25) is 0 Å². The Labute approximate surface area is 183 Å². The zero-order chi connectivity index (χ0) is 22.9. The number of alkyl halides is 3. The molecule has 0 saturated heterocycles. The average Bonchev–Trinajstić information content (AvgIpc) is 3.33. The normalized spacial score (nSPS) is 18.0. The molecule has 2 aromatic heterocycles. The van der Waals surface area contributed by atoms with Crippen molar-refractivity contribution in [1.82, 2.24) is 14.5 Å². The average molecular weight is 446 g/mol. The van der Waals surface area contributed by atoms with E-state index in [2.05, 4.69) is 9.97 Å². The second-order valence-corrected chi connectivity index (χ2v) is 8.09. The molecule has 0 spiro atoms. The molecule has 32 heavy (non-hydrogen) atoms. The number of aliphatic hydroxyl groups excluding tert-OH is 1. The van der Waals surface area contributed by atoms with Gasteiger partial charge in [0.1, 0.15) is 11.4 Å². The molecule has 1 aromatic carbocycles. The van der Waals surface area contributed by atoms with Crippen molar-refractivity contribution < 1.29 is 23.0 Å². The fourth-order valence-corrected chi connectivity index (χ4v) is 4.52. The number of nitrogens with two attached hydrogens (primary N) is 1. The summed E-state index contributed by atoms with van der Waals surface area (Å²) in [5.41, 5.74) is 8.31. The molecule has 3 aromatic rings. The molecule has 0 amide bonds. The van der Waals surface area contributed by atoms with Gasteiger partial charge in [0.15, 0.2) is 5.95 Å². The first kappa shape index (κ1) is 22.1. The van der Waals surface area contributed by atoms with Crippen molar-refractivity contribution >= 4 is 5.95 Å². The van der Waals surface area contributed by atoms with E-state index in [1.807, 2.05) is 24.4 Å². The van der Waals surface area contributed by atoms with E-state index in [0.717, 1.165) is 41.5 Å². The summed E-state index contributed by atoms with van der Waals surface area (Å²) in [5.74, 6) is 1.10. The number of anilines is 1. The Balaban J connectivity index is 1.77. The maximum Gasteiger partial charge on any atom is 0.433 e. The number of halogens is 3. The van der Waals surface area contributed by atoms with Crippen molar-refractivity contribution in [3.8, 4) is 5.75 Å². The lowest BCUT2D eigenvalue weighted by molar-refractivity contribution is -0.141. The van der Waals surface area contributed by atoms with Crippen LogP contribution in [0.1, 0.15) is 40.9 Å². The van der Waals surface area contributed by atoms with Gasteiger partial charge in [0.25, 0.3) is 0 Å². The van der Waals surface area contributed by atoms with Gasteiger partial charge in [-0.15, -0.1) is 0 Å². The summed E-state index contributed by atoms with van der Waals surface area (Å²) in [6, 6.07) is 8.37. The lowest BCUT2D eigenvalue weighted by atomic mass is 9.74. The number of imidazole rings is 1. The number of benzene rings is 1. The van der Waals surface area contributed by atoms with E-state index in [1.54, 1.807) is 11.7 Å². The predicted octanol–water partition coefficient (Wildman–Crippen LogP) is 3.75. The number of aliphatic hydroxyl groups is 1. The monoisotopic (exact) mass is 446 g/mol. The summed E-state index contributed by atoms with van der Waals surface area (Å²) in [6.07, 6.45) is 1.20. The minimum Gasteiger partial charge on any atom is -0.497 e. The number of methoxy groups -OCH3 is 1. The van der Waals surface area contributed by atoms with Gasteiger partial charge in [0, 0.05) is 31.0 Å². The molecule has 6 nitrogen and oxygen atoms in total. The Morgan fingerprint density at radius 1 is 1.25 bits per heavy atom. The fraction of sp³-hybridized carbons (Fsp3) is 0.391. The summed E-state index contributed by atoms with van der Waals surface area (Å²) in [7, 11) is 1.61. The van der Waals surface area contributed by atoms with Crippen LogP contribution in [-0.4, -0.2) is 33.4 Å². The van der Waals surface area contributed by atoms with Crippen LogP contribution in [0.5, 0.6) is 5.75 Å². The number of nitrogens with zero attached hydrogens (tertiary/aromatic N) is 3. The van der Waals surface area contributed by atoms with Crippen molar-refractivity contribution in [2.75, 3.05) is 19.5 Å². The Kier molecular flexibility index (Phi) is 5.85. The molecule has 0 bridgehead atoms. The molecule has 0 radical (unpaired) electrons. The van der Waals surface area contributed by atoms with Gasteiger partial charge in [-0.3, -0.25) is 4.98 Å². The van der Waals surface area contributed by atoms with Crippen LogP contribution < -0.4 is 10.5 Å². The molecule has 4 rings (SSSR count). The third-order valence-electron chi connectivity index (χ3n) is 6.12. The van der Waals surface area contributed by atoms with Gasteiger partial charge in [-0.2, -0.15) is 13.2 Å². The first-order valence-corrected chi connectivity index (χ1v) is 10.4. The zero-order valence-electron chi connectivity index (χ0n) is 17.7. The lowest BCUT2D eigenvalue weighted by Crippen LogP contribution is -2.28. The number of aryl methyl sites for hydroxylation is 2. The van der Waals surface area contributed by atoms with Crippen LogP contribution >= 0.6 is 0 Å². The largest absolute Gasteiger partial charge is 0.497 e. The number of aromatic nitrogens is 3.